The van der Waals surface area contributed by atoms with Gasteiger partial charge in [0.1, 0.15) is 6.10 Å². The lowest BCUT2D eigenvalue weighted by molar-refractivity contribution is -0.118. The number of fused-ring (bicyclic) bond motifs is 1. The van der Waals surface area contributed by atoms with Gasteiger partial charge in [0.15, 0.2) is 29.7 Å². The lowest BCUT2D eigenvalue weighted by Crippen LogP contribution is -2.34. The number of alkyl halides is 1. The van der Waals surface area contributed by atoms with Gasteiger partial charge >= 0.3 is 5.97 Å². The number of halogens is 1. The summed E-state index contributed by atoms with van der Waals surface area (Å²) in [5.41, 5.74) is -0.837. The number of hydrogen-bond donors (Lipinski definition) is 3. The highest BCUT2D eigenvalue weighted by atomic mass is 19.1. The summed E-state index contributed by atoms with van der Waals surface area (Å²) in [5, 5.41) is 19.6. The Morgan fingerprint density at radius 3 is 2.73 bits per heavy atom. The molecule has 1 aliphatic rings. The third-order valence-corrected chi connectivity index (χ3v) is 5.04. The Labute approximate surface area is 185 Å². The second-order valence-electron chi connectivity index (χ2n) is 7.69. The summed E-state index contributed by atoms with van der Waals surface area (Å²) in [4.78, 5) is 43.5. The zero-order valence-electron chi connectivity index (χ0n) is 17.6. The number of anilines is 1. The van der Waals surface area contributed by atoms with Crippen molar-refractivity contribution in [2.24, 2.45) is 5.92 Å². The van der Waals surface area contributed by atoms with Crippen molar-refractivity contribution in [3.05, 3.63) is 46.2 Å². The molecule has 1 aromatic carbocycles. The van der Waals surface area contributed by atoms with Crippen LogP contribution in [-0.2, 0) is 14.3 Å². The van der Waals surface area contributed by atoms with Crippen molar-refractivity contribution < 1.29 is 28.6 Å². The first-order valence-electron chi connectivity index (χ1n) is 10.1. The summed E-state index contributed by atoms with van der Waals surface area (Å²) in [5.74, 6) is -1.75. The molecular weight excluding hydrogens is 439 g/mol. The van der Waals surface area contributed by atoms with Crippen LogP contribution in [0.4, 0.5) is 10.3 Å². The second-order valence-corrected chi connectivity index (χ2v) is 7.69. The van der Waals surface area contributed by atoms with Crippen molar-refractivity contribution in [3.8, 4) is 0 Å². The Hall–Kier alpha value is -3.71. The molecule has 4 rings (SSSR count). The Balaban J connectivity index is 1.71. The standard InChI is InChI=1S/C20H21FN6O6/c1-9(2)16(29)23-20-22-15-13(17(30)24-20)25-26-27(15)18-14(12(21)11(8-28)32-18)33-19(31)10-6-4-3-5-7-10/h3-7,9,11-12,14,18,28H,8H2,1-2H3,(H2,22,23,24,29,30)/t11-,12-,14-,18-/m1/s1. The van der Waals surface area contributed by atoms with Gasteiger partial charge in [-0.25, -0.2) is 9.18 Å². The fourth-order valence-electron chi connectivity index (χ4n) is 3.26. The molecule has 1 amide bonds. The summed E-state index contributed by atoms with van der Waals surface area (Å²) in [6, 6.07) is 7.95. The maximum atomic E-state index is 15.0. The number of aliphatic hydroxyl groups is 1. The lowest BCUT2D eigenvalue weighted by atomic mass is 10.1. The SMILES string of the molecule is CC(C)C(=O)Nc1nc2c(nnn2[C@@H]2O[C@H](CO)[C@@H](F)[C@H]2OC(=O)c2ccccc2)c(=O)[nH]1. The minimum Gasteiger partial charge on any atom is -0.451 e. The first kappa shape index (κ1) is 22.5. The van der Waals surface area contributed by atoms with Gasteiger partial charge in [-0.1, -0.05) is 37.3 Å². The summed E-state index contributed by atoms with van der Waals surface area (Å²) >= 11 is 0. The van der Waals surface area contributed by atoms with Crippen molar-refractivity contribution in [3.63, 3.8) is 0 Å². The van der Waals surface area contributed by atoms with E-state index < -0.39 is 48.7 Å². The van der Waals surface area contributed by atoms with Crippen LogP contribution in [-0.4, -0.2) is 66.9 Å². The number of H-pyrrole nitrogens is 1. The van der Waals surface area contributed by atoms with E-state index in [4.69, 9.17) is 9.47 Å². The van der Waals surface area contributed by atoms with Crippen molar-refractivity contribution >= 4 is 29.0 Å². The average molecular weight is 460 g/mol. The van der Waals surface area contributed by atoms with Crippen LogP contribution >= 0.6 is 0 Å². The number of benzene rings is 1. The third kappa shape index (κ3) is 4.32. The van der Waals surface area contributed by atoms with Gasteiger partial charge < -0.3 is 14.6 Å². The monoisotopic (exact) mass is 460 g/mol. The third-order valence-electron chi connectivity index (χ3n) is 5.04. The summed E-state index contributed by atoms with van der Waals surface area (Å²) in [7, 11) is 0. The van der Waals surface area contributed by atoms with Gasteiger partial charge in [-0.05, 0) is 12.1 Å². The number of ether oxygens (including phenoxy) is 2. The zero-order chi connectivity index (χ0) is 23.7. The number of hydrogen-bond acceptors (Lipinski definition) is 9. The van der Waals surface area contributed by atoms with Crippen molar-refractivity contribution in [1.82, 2.24) is 25.0 Å². The predicted octanol–water partition coefficient (Wildman–Crippen LogP) is 0.562. The number of rotatable bonds is 6. The fraction of sp³-hybridized carbons (Fsp3) is 0.400. The zero-order valence-corrected chi connectivity index (χ0v) is 17.6. The number of esters is 1. The minimum absolute atomic E-state index is 0.130. The van der Waals surface area contributed by atoms with Crippen LogP contribution in [0.25, 0.3) is 11.2 Å². The van der Waals surface area contributed by atoms with Gasteiger partial charge in [-0.15, -0.1) is 5.10 Å². The summed E-state index contributed by atoms with van der Waals surface area (Å²) < 4.78 is 26.9. The van der Waals surface area contributed by atoms with Crippen LogP contribution in [0.2, 0.25) is 0 Å². The van der Waals surface area contributed by atoms with E-state index in [2.05, 4.69) is 25.6 Å². The highest BCUT2D eigenvalue weighted by Crippen LogP contribution is 2.35. The molecule has 13 heteroatoms. The van der Waals surface area contributed by atoms with E-state index in [1.807, 2.05) is 0 Å². The molecule has 1 saturated heterocycles. The van der Waals surface area contributed by atoms with E-state index in [1.54, 1.807) is 32.0 Å². The number of nitrogens with zero attached hydrogens (tertiary/aromatic N) is 4. The first-order valence-corrected chi connectivity index (χ1v) is 10.1. The van der Waals surface area contributed by atoms with E-state index in [9.17, 15) is 19.5 Å². The Morgan fingerprint density at radius 2 is 2.06 bits per heavy atom. The molecule has 0 aliphatic carbocycles. The van der Waals surface area contributed by atoms with E-state index in [0.717, 1.165) is 4.68 Å². The minimum atomic E-state index is -1.89. The van der Waals surface area contributed by atoms with Crippen molar-refractivity contribution in [2.75, 3.05) is 11.9 Å². The molecule has 33 heavy (non-hydrogen) atoms. The van der Waals surface area contributed by atoms with Crippen LogP contribution in [0.1, 0.15) is 30.4 Å². The van der Waals surface area contributed by atoms with Crippen molar-refractivity contribution in [1.29, 1.82) is 0 Å². The van der Waals surface area contributed by atoms with E-state index in [1.165, 1.54) is 12.1 Å². The van der Waals surface area contributed by atoms with Crippen LogP contribution in [0.3, 0.4) is 0 Å². The van der Waals surface area contributed by atoms with E-state index >= 15 is 4.39 Å². The molecule has 3 N–H and O–H groups in total. The predicted molar refractivity (Wildman–Crippen MR) is 111 cm³/mol. The molecule has 0 saturated carbocycles. The van der Waals surface area contributed by atoms with Gasteiger partial charge in [-0.3, -0.25) is 19.9 Å². The smallest absolute Gasteiger partial charge is 0.338 e. The fourth-order valence-corrected chi connectivity index (χ4v) is 3.26. The largest absolute Gasteiger partial charge is 0.451 e. The Kier molecular flexibility index (Phi) is 6.16. The van der Waals surface area contributed by atoms with Crippen LogP contribution < -0.4 is 10.9 Å². The normalized spacial score (nSPS) is 22.6. The molecule has 0 spiro atoms. The molecule has 2 aromatic heterocycles. The summed E-state index contributed by atoms with van der Waals surface area (Å²) in [6.45, 7) is 2.63. The van der Waals surface area contributed by atoms with Crippen LogP contribution in [0.15, 0.2) is 35.1 Å². The lowest BCUT2D eigenvalue weighted by Gasteiger charge is -2.20. The Morgan fingerprint density at radius 1 is 1.33 bits per heavy atom. The maximum Gasteiger partial charge on any atom is 0.338 e. The molecule has 174 valence electrons. The number of carbonyl (C=O) groups is 2. The summed E-state index contributed by atoms with van der Waals surface area (Å²) in [6.07, 6.45) is -6.11. The van der Waals surface area contributed by atoms with E-state index in [-0.39, 0.29) is 28.6 Å². The average Bonchev–Trinajstić information content (AvgIpc) is 3.35. The molecule has 0 radical (unpaired) electrons. The number of aliphatic hydroxyl groups excluding tert-OH is 1. The highest BCUT2D eigenvalue weighted by Gasteiger charge is 2.49. The first-order chi connectivity index (χ1) is 15.8. The molecule has 1 aliphatic heterocycles. The number of amides is 1. The topological polar surface area (TPSA) is 161 Å². The quantitative estimate of drug-likeness (QED) is 0.446. The van der Waals surface area contributed by atoms with Crippen molar-refractivity contribution in [2.45, 2.75) is 38.5 Å². The second kappa shape index (κ2) is 9.03. The molecule has 0 bridgehead atoms. The maximum absolute atomic E-state index is 15.0. The molecule has 1 fully saturated rings. The molecule has 4 atom stereocenters. The van der Waals surface area contributed by atoms with Crippen LogP contribution in [0, 0.1) is 5.92 Å². The number of carbonyl (C=O) groups excluding carboxylic acids is 2. The Bertz CT molecular complexity index is 1230. The molecule has 3 heterocycles. The van der Waals surface area contributed by atoms with Gasteiger partial charge in [0.25, 0.3) is 5.56 Å². The highest BCUT2D eigenvalue weighted by molar-refractivity contribution is 5.91. The van der Waals surface area contributed by atoms with E-state index in [0.29, 0.717) is 0 Å². The van der Waals surface area contributed by atoms with Gasteiger partial charge in [0.05, 0.1) is 12.2 Å². The van der Waals surface area contributed by atoms with Crippen LogP contribution in [0.5, 0.6) is 0 Å². The number of nitrogens with one attached hydrogen (secondary N) is 2. The number of aromatic nitrogens is 5. The molecule has 3 aromatic rings. The van der Waals surface area contributed by atoms with Gasteiger partial charge in [-0.2, -0.15) is 9.67 Å². The van der Waals surface area contributed by atoms with Gasteiger partial charge in [0, 0.05) is 5.92 Å². The molecule has 12 nitrogen and oxygen atoms in total. The molecule has 0 unspecified atom stereocenters. The van der Waals surface area contributed by atoms with Gasteiger partial charge in [0.2, 0.25) is 11.9 Å². The molecular formula is C20H21FN6O6. The number of aromatic amines is 1.